The van der Waals surface area contributed by atoms with Gasteiger partial charge in [0.05, 0.1) is 31.5 Å². The van der Waals surface area contributed by atoms with Crippen LogP contribution in [-0.2, 0) is 0 Å². The standard InChI is InChI=1S/2C8H6BrNS/c1-5-2-7-8(3-6(5)9)11-4-10-7;1-5-6(9)2-3-7-8(5)11-4-10-7/h2*2-4H,1H3. The van der Waals surface area contributed by atoms with Gasteiger partial charge in [-0.3, -0.25) is 0 Å². The first-order valence-electron chi connectivity index (χ1n) is 6.54. The number of hydrogen-bond acceptors (Lipinski definition) is 4. The molecule has 2 aromatic carbocycles. The fourth-order valence-corrected chi connectivity index (χ4v) is 4.48. The van der Waals surface area contributed by atoms with E-state index in [9.17, 15) is 0 Å². The van der Waals surface area contributed by atoms with Crippen molar-refractivity contribution in [1.82, 2.24) is 9.97 Å². The van der Waals surface area contributed by atoms with Gasteiger partial charge in [0.2, 0.25) is 0 Å². The van der Waals surface area contributed by atoms with Crippen molar-refractivity contribution in [3.8, 4) is 0 Å². The van der Waals surface area contributed by atoms with Gasteiger partial charge in [0.25, 0.3) is 0 Å². The Bertz CT molecular complexity index is 907. The third-order valence-corrected chi connectivity index (χ3v) is 6.76. The van der Waals surface area contributed by atoms with E-state index >= 15 is 0 Å². The van der Waals surface area contributed by atoms with Gasteiger partial charge in [0.1, 0.15) is 0 Å². The van der Waals surface area contributed by atoms with Crippen LogP contribution in [0.4, 0.5) is 0 Å². The predicted octanol–water partition coefficient (Wildman–Crippen LogP) is 6.73. The zero-order valence-corrected chi connectivity index (χ0v) is 16.7. The van der Waals surface area contributed by atoms with E-state index in [1.165, 1.54) is 20.5 Å². The summed E-state index contributed by atoms with van der Waals surface area (Å²) in [5, 5.41) is 0. The average molecular weight is 456 g/mol. The van der Waals surface area contributed by atoms with Gasteiger partial charge in [-0.2, -0.15) is 0 Å². The van der Waals surface area contributed by atoms with Crippen molar-refractivity contribution >= 4 is 75.0 Å². The molecule has 0 saturated heterocycles. The zero-order chi connectivity index (χ0) is 15.7. The number of hydrogen-bond donors (Lipinski definition) is 0. The summed E-state index contributed by atoms with van der Waals surface area (Å²) in [5.74, 6) is 0. The lowest BCUT2D eigenvalue weighted by Crippen LogP contribution is -1.75. The molecule has 0 unspecified atom stereocenters. The molecule has 22 heavy (non-hydrogen) atoms. The number of nitrogens with zero attached hydrogens (tertiary/aromatic N) is 2. The highest BCUT2D eigenvalue weighted by molar-refractivity contribution is 9.10. The third kappa shape index (κ3) is 3.25. The highest BCUT2D eigenvalue weighted by atomic mass is 79.9. The number of rotatable bonds is 0. The molecule has 2 aromatic heterocycles. The SMILES string of the molecule is Cc1c(Br)ccc2ncsc12.Cc1cc2ncsc2cc1Br. The molecule has 0 saturated carbocycles. The molecule has 2 nitrogen and oxygen atoms in total. The number of aromatic nitrogens is 2. The van der Waals surface area contributed by atoms with Crippen molar-refractivity contribution in [2.45, 2.75) is 13.8 Å². The number of halogens is 2. The summed E-state index contributed by atoms with van der Waals surface area (Å²) in [4.78, 5) is 8.44. The Morgan fingerprint density at radius 3 is 2.41 bits per heavy atom. The number of benzene rings is 2. The van der Waals surface area contributed by atoms with Crippen LogP contribution in [0, 0.1) is 13.8 Å². The second kappa shape index (κ2) is 6.74. The first-order valence-corrected chi connectivity index (χ1v) is 9.88. The number of fused-ring (bicyclic) bond motifs is 2. The predicted molar refractivity (Wildman–Crippen MR) is 104 cm³/mol. The Morgan fingerprint density at radius 2 is 1.59 bits per heavy atom. The zero-order valence-electron chi connectivity index (χ0n) is 11.9. The Balaban J connectivity index is 0.000000131. The molecule has 0 amide bonds. The first-order chi connectivity index (χ1) is 10.6. The van der Waals surface area contributed by atoms with Crippen molar-refractivity contribution in [3.05, 3.63) is 55.4 Å². The molecule has 4 rings (SSSR count). The van der Waals surface area contributed by atoms with E-state index in [0.29, 0.717) is 0 Å². The van der Waals surface area contributed by atoms with Gasteiger partial charge in [-0.25, -0.2) is 9.97 Å². The van der Waals surface area contributed by atoms with Gasteiger partial charge < -0.3 is 0 Å². The van der Waals surface area contributed by atoms with Crippen LogP contribution in [0.15, 0.2) is 44.2 Å². The Morgan fingerprint density at radius 1 is 0.864 bits per heavy atom. The fraction of sp³-hybridized carbons (Fsp3) is 0.125. The number of thiazole rings is 2. The third-order valence-electron chi connectivity index (χ3n) is 3.29. The van der Waals surface area contributed by atoms with E-state index < -0.39 is 0 Å². The summed E-state index contributed by atoms with van der Waals surface area (Å²) in [6, 6.07) is 8.28. The minimum atomic E-state index is 1.09. The molecular formula is C16H12Br2N2S2. The van der Waals surface area contributed by atoms with Crippen LogP contribution in [0.25, 0.3) is 20.4 Å². The lowest BCUT2D eigenvalue weighted by atomic mass is 10.2. The summed E-state index contributed by atoms with van der Waals surface area (Å²) in [5.41, 5.74) is 8.46. The smallest absolute Gasteiger partial charge is 0.0815 e. The summed E-state index contributed by atoms with van der Waals surface area (Å²) in [6.45, 7) is 4.17. The maximum absolute atomic E-state index is 4.22. The van der Waals surface area contributed by atoms with Gasteiger partial charge in [0, 0.05) is 8.95 Å². The molecule has 0 fully saturated rings. The van der Waals surface area contributed by atoms with E-state index in [2.05, 4.69) is 67.8 Å². The van der Waals surface area contributed by atoms with E-state index in [0.717, 1.165) is 20.0 Å². The summed E-state index contributed by atoms with van der Waals surface area (Å²) >= 11 is 10.3. The monoisotopic (exact) mass is 454 g/mol. The quantitative estimate of drug-likeness (QED) is 0.293. The average Bonchev–Trinajstić information content (AvgIpc) is 3.13. The first kappa shape index (κ1) is 16.1. The van der Waals surface area contributed by atoms with Crippen LogP contribution in [0.5, 0.6) is 0 Å². The van der Waals surface area contributed by atoms with Crippen molar-refractivity contribution in [2.24, 2.45) is 0 Å². The van der Waals surface area contributed by atoms with Crippen LogP contribution in [0.2, 0.25) is 0 Å². The highest BCUT2D eigenvalue weighted by Gasteiger charge is 2.02. The Labute approximate surface area is 153 Å². The highest BCUT2D eigenvalue weighted by Crippen LogP contribution is 2.27. The van der Waals surface area contributed by atoms with Crippen molar-refractivity contribution in [1.29, 1.82) is 0 Å². The van der Waals surface area contributed by atoms with Crippen LogP contribution in [0.1, 0.15) is 11.1 Å². The second-order valence-corrected chi connectivity index (χ2v) is 8.24. The van der Waals surface area contributed by atoms with E-state index in [1.807, 2.05) is 23.2 Å². The number of aryl methyl sites for hydroxylation is 2. The van der Waals surface area contributed by atoms with Crippen LogP contribution in [0.3, 0.4) is 0 Å². The summed E-state index contributed by atoms with van der Waals surface area (Å²) < 4.78 is 4.84. The normalized spacial score (nSPS) is 10.7. The van der Waals surface area contributed by atoms with Gasteiger partial charge in [-0.05, 0) is 49.2 Å². The summed E-state index contributed by atoms with van der Waals surface area (Å²) in [7, 11) is 0. The topological polar surface area (TPSA) is 25.8 Å². The Kier molecular flexibility index (Phi) is 4.92. The lowest BCUT2D eigenvalue weighted by Gasteiger charge is -1.96. The molecule has 0 atom stereocenters. The molecule has 2 heterocycles. The van der Waals surface area contributed by atoms with E-state index in [1.54, 1.807) is 22.7 Å². The molecule has 0 spiro atoms. The molecule has 112 valence electrons. The summed E-state index contributed by atoms with van der Waals surface area (Å²) in [6.07, 6.45) is 0. The van der Waals surface area contributed by atoms with Crippen molar-refractivity contribution < 1.29 is 0 Å². The van der Waals surface area contributed by atoms with E-state index in [4.69, 9.17) is 0 Å². The molecule has 0 radical (unpaired) electrons. The van der Waals surface area contributed by atoms with Crippen LogP contribution >= 0.6 is 54.5 Å². The fourth-order valence-electron chi connectivity index (χ4n) is 2.02. The molecular weight excluding hydrogens is 444 g/mol. The molecule has 6 heteroatoms. The largest absolute Gasteiger partial charge is 0.245 e. The molecule has 0 aliphatic heterocycles. The maximum atomic E-state index is 4.22. The van der Waals surface area contributed by atoms with E-state index in [-0.39, 0.29) is 0 Å². The van der Waals surface area contributed by atoms with Gasteiger partial charge in [-0.1, -0.05) is 31.9 Å². The maximum Gasteiger partial charge on any atom is 0.0815 e. The van der Waals surface area contributed by atoms with Crippen LogP contribution in [-0.4, -0.2) is 9.97 Å². The lowest BCUT2D eigenvalue weighted by molar-refractivity contribution is 1.43. The van der Waals surface area contributed by atoms with Gasteiger partial charge in [0.15, 0.2) is 0 Å². The molecule has 0 bridgehead atoms. The molecule has 0 N–H and O–H groups in total. The van der Waals surface area contributed by atoms with Gasteiger partial charge >= 0.3 is 0 Å². The minimum absolute atomic E-state index is 1.09. The minimum Gasteiger partial charge on any atom is -0.245 e. The molecule has 4 aromatic rings. The van der Waals surface area contributed by atoms with Crippen molar-refractivity contribution in [3.63, 3.8) is 0 Å². The van der Waals surface area contributed by atoms with Crippen molar-refractivity contribution in [2.75, 3.05) is 0 Å². The Hall–Kier alpha value is -0.820. The van der Waals surface area contributed by atoms with Gasteiger partial charge in [-0.15, -0.1) is 22.7 Å². The van der Waals surface area contributed by atoms with Crippen LogP contribution < -0.4 is 0 Å². The molecule has 0 aliphatic rings. The second-order valence-electron chi connectivity index (χ2n) is 4.79. The molecule has 0 aliphatic carbocycles.